The van der Waals surface area contributed by atoms with Gasteiger partial charge in [-0.05, 0) is 12.8 Å². The van der Waals surface area contributed by atoms with Crippen LogP contribution in [0.1, 0.15) is 69.0 Å². The Balaban J connectivity index is 1.95. The number of rotatable bonds is 3. The highest BCUT2D eigenvalue weighted by Gasteiger charge is 2.19. The van der Waals surface area contributed by atoms with Crippen LogP contribution >= 0.6 is 0 Å². The second kappa shape index (κ2) is 6.39. The fourth-order valence-electron chi connectivity index (χ4n) is 2.41. The van der Waals surface area contributed by atoms with Crippen molar-refractivity contribution in [3.63, 3.8) is 0 Å². The summed E-state index contributed by atoms with van der Waals surface area (Å²) < 4.78 is 5.18. The Kier molecular flexibility index (Phi) is 4.54. The van der Waals surface area contributed by atoms with Crippen LogP contribution in [0, 0.1) is 11.3 Å². The van der Waals surface area contributed by atoms with E-state index in [0.717, 1.165) is 5.82 Å². The van der Waals surface area contributed by atoms with Gasteiger partial charge in [-0.3, -0.25) is 0 Å². The van der Waals surface area contributed by atoms with Crippen molar-refractivity contribution in [1.29, 1.82) is 5.26 Å². The molecule has 0 amide bonds. The highest BCUT2D eigenvalue weighted by Crippen LogP contribution is 2.29. The van der Waals surface area contributed by atoms with Crippen molar-refractivity contribution in [1.82, 2.24) is 10.1 Å². The molecule has 0 saturated heterocycles. The van der Waals surface area contributed by atoms with Crippen LogP contribution in [0.25, 0.3) is 0 Å². The van der Waals surface area contributed by atoms with E-state index in [2.05, 4.69) is 16.2 Å². The van der Waals surface area contributed by atoms with Gasteiger partial charge in [-0.2, -0.15) is 10.2 Å². The van der Waals surface area contributed by atoms with Gasteiger partial charge in [0.15, 0.2) is 5.82 Å². The van der Waals surface area contributed by atoms with Crippen LogP contribution in [0.5, 0.6) is 0 Å². The van der Waals surface area contributed by atoms with Gasteiger partial charge >= 0.3 is 0 Å². The summed E-state index contributed by atoms with van der Waals surface area (Å²) in [7, 11) is 0. The summed E-state index contributed by atoms with van der Waals surface area (Å²) in [6.07, 6.45) is 9.95. The van der Waals surface area contributed by atoms with Gasteiger partial charge in [0.05, 0.1) is 6.07 Å². The Morgan fingerprint density at radius 2 is 1.88 bits per heavy atom. The van der Waals surface area contributed by atoms with Gasteiger partial charge in [-0.15, -0.1) is 0 Å². The molecule has 0 N–H and O–H groups in total. The molecule has 0 aromatic carbocycles. The zero-order valence-corrected chi connectivity index (χ0v) is 10.2. The van der Waals surface area contributed by atoms with E-state index in [1.807, 2.05) is 0 Å². The molecule has 0 aliphatic heterocycles. The normalized spacial score (nSPS) is 18.3. The van der Waals surface area contributed by atoms with Crippen molar-refractivity contribution in [2.45, 2.75) is 63.7 Å². The fraction of sp³-hybridized carbons (Fsp3) is 0.769. The number of nitrogens with zero attached hydrogens (tertiary/aromatic N) is 3. The van der Waals surface area contributed by atoms with Crippen LogP contribution in [0.4, 0.5) is 0 Å². The first-order valence-electron chi connectivity index (χ1n) is 6.59. The van der Waals surface area contributed by atoms with Crippen molar-refractivity contribution in [3.8, 4) is 6.07 Å². The van der Waals surface area contributed by atoms with Gasteiger partial charge in [-0.25, -0.2) is 0 Å². The molecule has 1 fully saturated rings. The van der Waals surface area contributed by atoms with Crippen molar-refractivity contribution in [2.75, 3.05) is 0 Å². The molecule has 17 heavy (non-hydrogen) atoms. The van der Waals surface area contributed by atoms with Crippen LogP contribution in [0.2, 0.25) is 0 Å². The van der Waals surface area contributed by atoms with Gasteiger partial charge in [0.1, 0.15) is 0 Å². The highest BCUT2D eigenvalue weighted by atomic mass is 16.5. The van der Waals surface area contributed by atoms with E-state index in [9.17, 15) is 0 Å². The minimum atomic E-state index is 0.451. The van der Waals surface area contributed by atoms with E-state index in [1.165, 1.54) is 44.9 Å². The third-order valence-corrected chi connectivity index (χ3v) is 3.40. The minimum Gasteiger partial charge on any atom is -0.339 e. The van der Waals surface area contributed by atoms with Crippen molar-refractivity contribution in [3.05, 3.63) is 11.7 Å². The SMILES string of the molecule is N#CCCc1nc(C2CCCCCCC2)no1. The third kappa shape index (κ3) is 3.55. The molecule has 0 spiro atoms. The predicted octanol–water partition coefficient (Wildman–Crippen LogP) is 3.35. The van der Waals surface area contributed by atoms with Gasteiger partial charge in [0, 0.05) is 18.8 Å². The van der Waals surface area contributed by atoms with Crippen LogP contribution in [0.15, 0.2) is 4.52 Å². The Hall–Kier alpha value is -1.37. The predicted molar refractivity (Wildman–Crippen MR) is 63.3 cm³/mol. The topological polar surface area (TPSA) is 62.7 Å². The lowest BCUT2D eigenvalue weighted by Gasteiger charge is -2.15. The van der Waals surface area contributed by atoms with Gasteiger partial charge in [-0.1, -0.05) is 37.3 Å². The average Bonchev–Trinajstić information content (AvgIpc) is 2.74. The summed E-state index contributed by atoms with van der Waals surface area (Å²) in [6, 6.07) is 2.10. The Morgan fingerprint density at radius 3 is 2.59 bits per heavy atom. The molecule has 0 unspecified atom stereocenters. The number of hydrogen-bond acceptors (Lipinski definition) is 4. The Bertz CT molecular complexity index is 372. The molecule has 1 saturated carbocycles. The standard InChI is InChI=1S/C13H19N3O/c14-10-6-9-12-15-13(16-17-12)11-7-4-2-1-3-5-8-11/h11H,1-9H2. The van der Waals surface area contributed by atoms with Gasteiger partial charge in [0.25, 0.3) is 0 Å². The van der Waals surface area contributed by atoms with Crippen molar-refractivity contribution in [2.24, 2.45) is 0 Å². The summed E-state index contributed by atoms with van der Waals surface area (Å²) >= 11 is 0. The number of aryl methyl sites for hydroxylation is 1. The first kappa shape index (κ1) is 12.1. The maximum atomic E-state index is 8.51. The molecule has 0 radical (unpaired) electrons. The zero-order valence-electron chi connectivity index (χ0n) is 10.2. The lowest BCUT2D eigenvalue weighted by Crippen LogP contribution is -2.04. The van der Waals surface area contributed by atoms with Crippen molar-refractivity contribution >= 4 is 0 Å². The number of hydrogen-bond donors (Lipinski definition) is 0. The quantitative estimate of drug-likeness (QED) is 0.803. The monoisotopic (exact) mass is 233 g/mol. The van der Waals surface area contributed by atoms with Crippen LogP contribution in [0.3, 0.4) is 0 Å². The molecule has 0 bridgehead atoms. The first-order chi connectivity index (χ1) is 8.40. The van der Waals surface area contributed by atoms with E-state index >= 15 is 0 Å². The smallest absolute Gasteiger partial charge is 0.227 e. The third-order valence-electron chi connectivity index (χ3n) is 3.40. The number of nitriles is 1. The molecule has 1 heterocycles. The van der Waals surface area contributed by atoms with E-state index < -0.39 is 0 Å². The van der Waals surface area contributed by atoms with Crippen LogP contribution in [-0.4, -0.2) is 10.1 Å². The zero-order chi connectivity index (χ0) is 11.9. The summed E-state index contributed by atoms with van der Waals surface area (Å²) in [5.41, 5.74) is 0. The summed E-state index contributed by atoms with van der Waals surface area (Å²) in [6.45, 7) is 0. The lowest BCUT2D eigenvalue weighted by molar-refractivity contribution is 0.362. The summed E-state index contributed by atoms with van der Waals surface area (Å²) in [4.78, 5) is 4.41. The molecule has 4 nitrogen and oxygen atoms in total. The second-order valence-corrected chi connectivity index (χ2v) is 4.75. The molecule has 2 rings (SSSR count). The molecule has 0 atom stereocenters. The molecule has 1 aliphatic rings. The van der Waals surface area contributed by atoms with E-state index in [4.69, 9.17) is 9.78 Å². The van der Waals surface area contributed by atoms with E-state index in [-0.39, 0.29) is 0 Å². The lowest BCUT2D eigenvalue weighted by atomic mass is 9.91. The molecule has 4 heteroatoms. The van der Waals surface area contributed by atoms with Crippen LogP contribution in [-0.2, 0) is 6.42 Å². The highest BCUT2D eigenvalue weighted by molar-refractivity contribution is 4.96. The Labute approximate surface area is 102 Å². The van der Waals surface area contributed by atoms with Crippen LogP contribution < -0.4 is 0 Å². The summed E-state index contributed by atoms with van der Waals surface area (Å²) in [5.74, 6) is 1.94. The molecule has 92 valence electrons. The number of aromatic nitrogens is 2. The first-order valence-corrected chi connectivity index (χ1v) is 6.59. The van der Waals surface area contributed by atoms with Gasteiger partial charge in [0.2, 0.25) is 5.89 Å². The minimum absolute atomic E-state index is 0.451. The maximum absolute atomic E-state index is 8.51. The average molecular weight is 233 g/mol. The molecule has 1 aliphatic carbocycles. The molecular formula is C13H19N3O. The molecular weight excluding hydrogens is 214 g/mol. The van der Waals surface area contributed by atoms with Gasteiger partial charge < -0.3 is 4.52 Å². The molecule has 1 aromatic heterocycles. The van der Waals surface area contributed by atoms with Crippen molar-refractivity contribution < 1.29 is 4.52 Å². The molecule has 1 aromatic rings. The van der Waals surface area contributed by atoms with E-state index in [1.54, 1.807) is 0 Å². The fourth-order valence-corrected chi connectivity index (χ4v) is 2.41. The van der Waals surface area contributed by atoms with E-state index in [0.29, 0.717) is 24.7 Å². The Morgan fingerprint density at radius 1 is 1.18 bits per heavy atom. The largest absolute Gasteiger partial charge is 0.339 e. The maximum Gasteiger partial charge on any atom is 0.227 e. The second-order valence-electron chi connectivity index (χ2n) is 4.75. The summed E-state index contributed by atoms with van der Waals surface area (Å²) in [5, 5.41) is 12.6.